The standard InChI is InChI=1S/C13H14FNO/c1-9(7-10(2)13(15)16)8-11-5-3-4-6-12(11)14/h3-7H,1,8H2,2H3,(H2,15,16)/b10-7+. The molecular formula is C13H14FNO. The number of allylic oxidation sites excluding steroid dienone is 2. The summed E-state index contributed by atoms with van der Waals surface area (Å²) in [5, 5.41) is 0. The Kier molecular flexibility index (Phi) is 4.00. The van der Waals surface area contributed by atoms with Gasteiger partial charge in [0.2, 0.25) is 5.91 Å². The molecule has 0 radical (unpaired) electrons. The highest BCUT2D eigenvalue weighted by Gasteiger charge is 2.03. The van der Waals surface area contributed by atoms with Gasteiger partial charge >= 0.3 is 0 Å². The first kappa shape index (κ1) is 12.2. The first-order chi connectivity index (χ1) is 7.50. The molecule has 84 valence electrons. The van der Waals surface area contributed by atoms with Crippen LogP contribution in [0.1, 0.15) is 12.5 Å². The van der Waals surface area contributed by atoms with Gasteiger partial charge in [-0.2, -0.15) is 0 Å². The molecule has 0 bridgehead atoms. The molecule has 0 heterocycles. The Morgan fingerprint density at radius 1 is 1.50 bits per heavy atom. The number of nitrogens with two attached hydrogens (primary N) is 1. The third kappa shape index (κ3) is 3.35. The second-order valence-electron chi connectivity index (χ2n) is 3.62. The normalized spacial score (nSPS) is 11.2. The lowest BCUT2D eigenvalue weighted by molar-refractivity contribution is -0.114. The summed E-state index contributed by atoms with van der Waals surface area (Å²) in [7, 11) is 0. The van der Waals surface area contributed by atoms with E-state index in [4.69, 9.17) is 5.73 Å². The largest absolute Gasteiger partial charge is 0.366 e. The van der Waals surface area contributed by atoms with E-state index in [1.165, 1.54) is 6.07 Å². The van der Waals surface area contributed by atoms with Gasteiger partial charge < -0.3 is 5.73 Å². The predicted octanol–water partition coefficient (Wildman–Crippen LogP) is 2.36. The number of hydrogen-bond donors (Lipinski definition) is 1. The molecule has 0 unspecified atom stereocenters. The van der Waals surface area contributed by atoms with E-state index >= 15 is 0 Å². The molecule has 1 amide bonds. The van der Waals surface area contributed by atoms with Crippen molar-refractivity contribution < 1.29 is 9.18 Å². The lowest BCUT2D eigenvalue weighted by Crippen LogP contribution is -2.11. The van der Waals surface area contributed by atoms with Crippen LogP contribution in [0.5, 0.6) is 0 Å². The Hall–Kier alpha value is -1.90. The van der Waals surface area contributed by atoms with E-state index < -0.39 is 5.91 Å². The average molecular weight is 219 g/mol. The molecule has 0 aliphatic rings. The van der Waals surface area contributed by atoms with Gasteiger partial charge in [-0.05, 0) is 25.0 Å². The monoisotopic (exact) mass is 219 g/mol. The fraction of sp³-hybridized carbons (Fsp3) is 0.154. The minimum Gasteiger partial charge on any atom is -0.366 e. The van der Waals surface area contributed by atoms with Crippen LogP contribution >= 0.6 is 0 Å². The van der Waals surface area contributed by atoms with Crippen molar-refractivity contribution in [3.05, 3.63) is 59.4 Å². The Labute approximate surface area is 94.3 Å². The lowest BCUT2D eigenvalue weighted by Gasteiger charge is -2.03. The number of amides is 1. The van der Waals surface area contributed by atoms with Gasteiger partial charge in [0, 0.05) is 5.57 Å². The second kappa shape index (κ2) is 5.26. The summed E-state index contributed by atoms with van der Waals surface area (Å²) >= 11 is 0. The van der Waals surface area contributed by atoms with E-state index in [0.717, 1.165) is 0 Å². The minimum absolute atomic E-state index is 0.270. The van der Waals surface area contributed by atoms with E-state index in [1.807, 2.05) is 0 Å². The molecule has 2 N–H and O–H groups in total. The van der Waals surface area contributed by atoms with Crippen LogP contribution in [0.4, 0.5) is 4.39 Å². The number of rotatable bonds is 4. The Morgan fingerprint density at radius 3 is 2.69 bits per heavy atom. The summed E-state index contributed by atoms with van der Waals surface area (Å²) < 4.78 is 13.3. The summed E-state index contributed by atoms with van der Waals surface area (Å²) in [4.78, 5) is 10.8. The molecule has 1 aromatic rings. The molecule has 0 saturated carbocycles. The highest BCUT2D eigenvalue weighted by Crippen LogP contribution is 2.13. The van der Waals surface area contributed by atoms with Gasteiger partial charge in [-0.3, -0.25) is 4.79 Å². The number of primary amides is 1. The third-order valence-electron chi connectivity index (χ3n) is 2.18. The van der Waals surface area contributed by atoms with Crippen molar-refractivity contribution in [2.45, 2.75) is 13.3 Å². The predicted molar refractivity (Wildman–Crippen MR) is 62.2 cm³/mol. The molecule has 16 heavy (non-hydrogen) atoms. The van der Waals surface area contributed by atoms with Crippen LogP contribution in [-0.4, -0.2) is 5.91 Å². The van der Waals surface area contributed by atoms with Crippen LogP contribution in [0.3, 0.4) is 0 Å². The average Bonchev–Trinajstić information content (AvgIpc) is 2.21. The van der Waals surface area contributed by atoms with Crippen molar-refractivity contribution in [3.8, 4) is 0 Å². The van der Waals surface area contributed by atoms with E-state index in [1.54, 1.807) is 31.2 Å². The molecule has 0 aliphatic heterocycles. The molecule has 0 spiro atoms. The molecule has 0 saturated heterocycles. The van der Waals surface area contributed by atoms with E-state index in [-0.39, 0.29) is 5.82 Å². The van der Waals surface area contributed by atoms with Crippen molar-refractivity contribution in [3.63, 3.8) is 0 Å². The number of halogens is 1. The van der Waals surface area contributed by atoms with Crippen molar-refractivity contribution in [2.24, 2.45) is 5.73 Å². The molecule has 0 fully saturated rings. The van der Waals surface area contributed by atoms with Crippen LogP contribution in [0, 0.1) is 5.82 Å². The van der Waals surface area contributed by atoms with Gasteiger partial charge in [0.05, 0.1) is 0 Å². The minimum atomic E-state index is -0.491. The molecule has 0 atom stereocenters. The van der Waals surface area contributed by atoms with Crippen LogP contribution < -0.4 is 5.73 Å². The zero-order chi connectivity index (χ0) is 12.1. The quantitative estimate of drug-likeness (QED) is 0.613. The zero-order valence-electron chi connectivity index (χ0n) is 9.16. The van der Waals surface area contributed by atoms with Crippen LogP contribution in [0.2, 0.25) is 0 Å². The molecule has 3 heteroatoms. The van der Waals surface area contributed by atoms with Crippen molar-refractivity contribution in [2.75, 3.05) is 0 Å². The van der Waals surface area contributed by atoms with Gasteiger partial charge in [-0.1, -0.05) is 36.4 Å². The molecule has 0 aromatic heterocycles. The highest BCUT2D eigenvalue weighted by molar-refractivity contribution is 5.91. The molecular weight excluding hydrogens is 205 g/mol. The number of benzene rings is 1. The summed E-state index contributed by atoms with van der Waals surface area (Å²) in [6.45, 7) is 5.37. The Balaban J connectivity index is 2.77. The summed E-state index contributed by atoms with van der Waals surface area (Å²) in [6.07, 6.45) is 1.95. The van der Waals surface area contributed by atoms with Crippen molar-refractivity contribution in [1.29, 1.82) is 0 Å². The lowest BCUT2D eigenvalue weighted by atomic mass is 10.0. The van der Waals surface area contributed by atoms with Gasteiger partial charge in [0.25, 0.3) is 0 Å². The topological polar surface area (TPSA) is 43.1 Å². The maximum Gasteiger partial charge on any atom is 0.244 e. The maximum atomic E-state index is 13.3. The summed E-state index contributed by atoms with van der Waals surface area (Å²) in [5.74, 6) is -0.761. The van der Waals surface area contributed by atoms with Crippen molar-refractivity contribution >= 4 is 5.91 Å². The number of carbonyl (C=O) groups is 1. The molecule has 1 aromatic carbocycles. The second-order valence-corrected chi connectivity index (χ2v) is 3.62. The zero-order valence-corrected chi connectivity index (χ0v) is 9.16. The first-order valence-corrected chi connectivity index (χ1v) is 4.90. The van der Waals surface area contributed by atoms with Gasteiger partial charge in [0.15, 0.2) is 0 Å². The maximum absolute atomic E-state index is 13.3. The van der Waals surface area contributed by atoms with Gasteiger partial charge in [0.1, 0.15) is 5.82 Å². The Bertz CT molecular complexity index is 449. The molecule has 0 aliphatic carbocycles. The number of carbonyl (C=O) groups excluding carboxylic acids is 1. The fourth-order valence-electron chi connectivity index (χ4n) is 1.31. The van der Waals surface area contributed by atoms with E-state index in [9.17, 15) is 9.18 Å². The summed E-state index contributed by atoms with van der Waals surface area (Å²) in [6, 6.07) is 6.48. The van der Waals surface area contributed by atoms with Crippen molar-refractivity contribution in [1.82, 2.24) is 0 Å². The molecule has 1 rings (SSSR count). The number of hydrogen-bond acceptors (Lipinski definition) is 1. The third-order valence-corrected chi connectivity index (χ3v) is 2.18. The summed E-state index contributed by atoms with van der Waals surface area (Å²) in [5.41, 5.74) is 6.71. The van der Waals surface area contributed by atoms with Gasteiger partial charge in [-0.25, -0.2) is 4.39 Å². The van der Waals surface area contributed by atoms with Crippen LogP contribution in [0.25, 0.3) is 0 Å². The molecule has 2 nitrogen and oxygen atoms in total. The fourth-order valence-corrected chi connectivity index (χ4v) is 1.31. The Morgan fingerprint density at radius 2 is 2.12 bits per heavy atom. The van der Waals surface area contributed by atoms with E-state index in [0.29, 0.717) is 23.1 Å². The van der Waals surface area contributed by atoms with Gasteiger partial charge in [-0.15, -0.1) is 0 Å². The van der Waals surface area contributed by atoms with E-state index in [2.05, 4.69) is 6.58 Å². The highest BCUT2D eigenvalue weighted by atomic mass is 19.1. The van der Waals surface area contributed by atoms with Crippen LogP contribution in [-0.2, 0) is 11.2 Å². The van der Waals surface area contributed by atoms with Crippen LogP contribution in [0.15, 0.2) is 48.1 Å². The SMILES string of the molecule is C=C(/C=C(\C)C(N)=O)Cc1ccccc1F. The smallest absolute Gasteiger partial charge is 0.244 e. The first-order valence-electron chi connectivity index (χ1n) is 4.90.